The smallest absolute Gasteiger partial charge is 0.119 e. The van der Waals surface area contributed by atoms with Crippen LogP contribution in [-0.2, 0) is 13.0 Å². The summed E-state index contributed by atoms with van der Waals surface area (Å²) in [6.45, 7) is 4.10. The van der Waals surface area contributed by atoms with E-state index >= 15 is 0 Å². The van der Waals surface area contributed by atoms with Crippen LogP contribution in [0, 0.1) is 0 Å². The number of nitrogens with two attached hydrogens (primary N) is 1. The Balaban J connectivity index is 1.98. The van der Waals surface area contributed by atoms with Gasteiger partial charge in [0, 0.05) is 23.1 Å². The zero-order chi connectivity index (χ0) is 13.9. The third-order valence-corrected chi connectivity index (χ3v) is 4.18. The van der Waals surface area contributed by atoms with Gasteiger partial charge in [-0.1, -0.05) is 0 Å². The number of benzene rings is 1. The third-order valence-electron chi connectivity index (χ3n) is 4.18. The molecule has 1 aromatic heterocycles. The molecule has 3 rings (SSSR count). The van der Waals surface area contributed by atoms with E-state index in [0.717, 1.165) is 18.7 Å². The van der Waals surface area contributed by atoms with Crippen LogP contribution in [0.4, 0.5) is 0 Å². The number of rotatable bonds is 5. The summed E-state index contributed by atoms with van der Waals surface area (Å²) in [4.78, 5) is 6.09. The summed E-state index contributed by atoms with van der Waals surface area (Å²) in [7, 11) is 1.71. The van der Waals surface area contributed by atoms with Crippen molar-refractivity contribution in [2.45, 2.75) is 25.8 Å². The number of hydrogen-bond acceptors (Lipinski definition) is 3. The number of aromatic nitrogens is 1. The van der Waals surface area contributed by atoms with Crippen molar-refractivity contribution in [1.82, 2.24) is 9.88 Å². The summed E-state index contributed by atoms with van der Waals surface area (Å²) in [5, 5.41) is 1.25. The van der Waals surface area contributed by atoms with Crippen molar-refractivity contribution in [3.8, 4) is 5.75 Å². The van der Waals surface area contributed by atoms with E-state index in [4.69, 9.17) is 10.5 Å². The molecule has 2 heterocycles. The largest absolute Gasteiger partial charge is 0.497 e. The fraction of sp³-hybridized carbons (Fsp3) is 0.500. The van der Waals surface area contributed by atoms with Crippen molar-refractivity contribution in [1.29, 1.82) is 0 Å². The van der Waals surface area contributed by atoms with E-state index in [1.54, 1.807) is 7.11 Å². The second kappa shape index (κ2) is 5.85. The van der Waals surface area contributed by atoms with E-state index in [1.807, 2.05) is 6.07 Å². The molecule has 3 N–H and O–H groups in total. The van der Waals surface area contributed by atoms with E-state index < -0.39 is 0 Å². The average Bonchev–Trinajstić information content (AvgIpc) is 3.08. The SMILES string of the molecule is COc1ccc2[nH]c(CN3CCCC3)c(CCN)c2c1. The van der Waals surface area contributed by atoms with Crippen molar-refractivity contribution in [3.63, 3.8) is 0 Å². The van der Waals surface area contributed by atoms with Crippen LogP contribution in [0.3, 0.4) is 0 Å². The van der Waals surface area contributed by atoms with Crippen LogP contribution in [0.1, 0.15) is 24.1 Å². The maximum Gasteiger partial charge on any atom is 0.119 e. The molecule has 1 aliphatic rings. The van der Waals surface area contributed by atoms with Gasteiger partial charge in [-0.25, -0.2) is 0 Å². The minimum absolute atomic E-state index is 0.678. The van der Waals surface area contributed by atoms with Crippen LogP contribution in [0.5, 0.6) is 5.75 Å². The molecular formula is C16H23N3O. The number of hydrogen-bond donors (Lipinski definition) is 2. The molecule has 0 bridgehead atoms. The van der Waals surface area contributed by atoms with Gasteiger partial charge in [0.05, 0.1) is 7.11 Å². The van der Waals surface area contributed by atoms with E-state index in [1.165, 1.54) is 48.1 Å². The molecule has 0 amide bonds. The third kappa shape index (κ3) is 2.53. The summed E-state index contributed by atoms with van der Waals surface area (Å²) >= 11 is 0. The van der Waals surface area contributed by atoms with E-state index in [2.05, 4.69) is 22.0 Å². The van der Waals surface area contributed by atoms with Gasteiger partial charge in [0.15, 0.2) is 0 Å². The normalized spacial score (nSPS) is 16.1. The molecule has 0 atom stereocenters. The fourth-order valence-corrected chi connectivity index (χ4v) is 3.14. The highest BCUT2D eigenvalue weighted by molar-refractivity contribution is 5.86. The maximum absolute atomic E-state index is 5.80. The van der Waals surface area contributed by atoms with Crippen LogP contribution >= 0.6 is 0 Å². The topological polar surface area (TPSA) is 54.3 Å². The monoisotopic (exact) mass is 273 g/mol. The summed E-state index contributed by atoms with van der Waals surface area (Å²) in [5.41, 5.74) is 9.66. The Bertz CT molecular complexity index is 585. The molecule has 108 valence electrons. The number of likely N-dealkylation sites (tertiary alicyclic amines) is 1. The van der Waals surface area contributed by atoms with Crippen molar-refractivity contribution in [2.24, 2.45) is 5.73 Å². The van der Waals surface area contributed by atoms with Crippen LogP contribution in [-0.4, -0.2) is 36.6 Å². The van der Waals surface area contributed by atoms with E-state index in [0.29, 0.717) is 6.54 Å². The zero-order valence-corrected chi connectivity index (χ0v) is 12.1. The zero-order valence-electron chi connectivity index (χ0n) is 12.1. The van der Waals surface area contributed by atoms with Gasteiger partial charge >= 0.3 is 0 Å². The number of nitrogens with one attached hydrogen (secondary N) is 1. The second-order valence-corrected chi connectivity index (χ2v) is 5.52. The lowest BCUT2D eigenvalue weighted by molar-refractivity contribution is 0.327. The molecule has 2 aromatic rings. The number of aromatic amines is 1. The van der Waals surface area contributed by atoms with Crippen LogP contribution in [0.2, 0.25) is 0 Å². The first-order chi connectivity index (χ1) is 9.81. The lowest BCUT2D eigenvalue weighted by Crippen LogP contribution is -2.19. The molecule has 0 unspecified atom stereocenters. The molecule has 1 aliphatic heterocycles. The molecule has 0 saturated carbocycles. The van der Waals surface area contributed by atoms with Gasteiger partial charge in [-0.05, 0) is 62.7 Å². The molecule has 0 spiro atoms. The lowest BCUT2D eigenvalue weighted by atomic mass is 10.1. The first-order valence-electron chi connectivity index (χ1n) is 7.41. The molecular weight excluding hydrogens is 250 g/mol. The highest BCUT2D eigenvalue weighted by Crippen LogP contribution is 2.28. The molecule has 4 nitrogen and oxygen atoms in total. The van der Waals surface area contributed by atoms with Gasteiger partial charge in [0.1, 0.15) is 5.75 Å². The standard InChI is InChI=1S/C16H23N3O/c1-20-12-4-5-15-14(10-12)13(6-7-17)16(18-15)11-19-8-2-3-9-19/h4-5,10,18H,2-3,6-9,11,17H2,1H3. The summed E-state index contributed by atoms with van der Waals surface area (Å²) < 4.78 is 5.34. The number of methoxy groups -OCH3 is 1. The van der Waals surface area contributed by atoms with Crippen molar-refractivity contribution in [2.75, 3.05) is 26.7 Å². The van der Waals surface area contributed by atoms with Gasteiger partial charge in [-0.15, -0.1) is 0 Å². The number of nitrogens with zero attached hydrogens (tertiary/aromatic N) is 1. The van der Waals surface area contributed by atoms with Crippen LogP contribution in [0.25, 0.3) is 10.9 Å². The Labute approximate surface area is 119 Å². The van der Waals surface area contributed by atoms with Crippen molar-refractivity contribution < 1.29 is 4.74 Å². The first-order valence-corrected chi connectivity index (χ1v) is 7.41. The van der Waals surface area contributed by atoms with Gasteiger partial charge in [0.25, 0.3) is 0 Å². The summed E-state index contributed by atoms with van der Waals surface area (Å²) in [5.74, 6) is 0.905. The number of fused-ring (bicyclic) bond motifs is 1. The Morgan fingerprint density at radius 2 is 2.10 bits per heavy atom. The predicted octanol–water partition coefficient (Wildman–Crippen LogP) is 2.27. The molecule has 20 heavy (non-hydrogen) atoms. The fourth-order valence-electron chi connectivity index (χ4n) is 3.14. The highest BCUT2D eigenvalue weighted by Gasteiger charge is 2.17. The molecule has 1 aromatic carbocycles. The minimum Gasteiger partial charge on any atom is -0.497 e. The Kier molecular flexibility index (Phi) is 3.94. The van der Waals surface area contributed by atoms with Crippen LogP contribution in [0.15, 0.2) is 18.2 Å². The van der Waals surface area contributed by atoms with Crippen molar-refractivity contribution in [3.05, 3.63) is 29.5 Å². The van der Waals surface area contributed by atoms with Crippen LogP contribution < -0.4 is 10.5 Å². The molecule has 4 heteroatoms. The Hall–Kier alpha value is -1.52. The quantitative estimate of drug-likeness (QED) is 0.878. The van der Waals surface area contributed by atoms with E-state index in [9.17, 15) is 0 Å². The average molecular weight is 273 g/mol. The van der Waals surface area contributed by atoms with Gasteiger partial charge in [0.2, 0.25) is 0 Å². The van der Waals surface area contributed by atoms with E-state index in [-0.39, 0.29) is 0 Å². The van der Waals surface area contributed by atoms with Gasteiger partial charge in [-0.2, -0.15) is 0 Å². The first kappa shape index (κ1) is 13.5. The summed E-state index contributed by atoms with van der Waals surface area (Å²) in [6, 6.07) is 6.22. The summed E-state index contributed by atoms with van der Waals surface area (Å²) in [6.07, 6.45) is 3.55. The second-order valence-electron chi connectivity index (χ2n) is 5.52. The van der Waals surface area contributed by atoms with Gasteiger partial charge in [-0.3, -0.25) is 4.90 Å². The molecule has 0 aliphatic carbocycles. The highest BCUT2D eigenvalue weighted by atomic mass is 16.5. The molecule has 0 radical (unpaired) electrons. The maximum atomic E-state index is 5.80. The predicted molar refractivity (Wildman–Crippen MR) is 82.1 cm³/mol. The molecule has 1 saturated heterocycles. The Morgan fingerprint density at radius 3 is 2.80 bits per heavy atom. The van der Waals surface area contributed by atoms with Crippen molar-refractivity contribution >= 4 is 10.9 Å². The number of ether oxygens (including phenoxy) is 1. The van der Waals surface area contributed by atoms with Gasteiger partial charge < -0.3 is 15.5 Å². The molecule has 1 fully saturated rings. The number of H-pyrrole nitrogens is 1. The Morgan fingerprint density at radius 1 is 1.30 bits per heavy atom. The minimum atomic E-state index is 0.678. The lowest BCUT2D eigenvalue weighted by Gasteiger charge is -2.14.